The summed E-state index contributed by atoms with van der Waals surface area (Å²) in [6, 6.07) is 10.6. The maximum Gasteiger partial charge on any atom is 0.172 e. The highest BCUT2D eigenvalue weighted by molar-refractivity contribution is 5.14. The molecule has 29 heavy (non-hydrogen) atoms. The summed E-state index contributed by atoms with van der Waals surface area (Å²) < 4.78 is 13.1. The molecule has 4 nitrogen and oxygen atoms in total. The zero-order valence-electron chi connectivity index (χ0n) is 19.4. The first-order valence-electron chi connectivity index (χ1n) is 11.5. The van der Waals surface area contributed by atoms with Crippen LogP contribution >= 0.6 is 0 Å². The highest BCUT2D eigenvalue weighted by Gasteiger charge is 2.59. The molecular weight excluding hydrogens is 362 g/mol. The van der Waals surface area contributed by atoms with Crippen LogP contribution in [0.4, 0.5) is 0 Å². The standard InChI is InChI=1S/C25H41NO3/c1-7-23(6)19-27-25(28-20-23)17-22(4,5)26(24(8-2,9-3)18-25)29-16-15-21-13-11-10-12-14-21/h10-14H,7-9,15-20H2,1-6H3. The van der Waals surface area contributed by atoms with Crippen molar-refractivity contribution >= 4 is 0 Å². The van der Waals surface area contributed by atoms with Crippen molar-refractivity contribution in [1.29, 1.82) is 0 Å². The number of hydrogen-bond acceptors (Lipinski definition) is 4. The fourth-order valence-electron chi connectivity index (χ4n) is 5.11. The highest BCUT2D eigenvalue weighted by Crippen LogP contribution is 2.51. The topological polar surface area (TPSA) is 30.9 Å². The molecule has 0 saturated carbocycles. The van der Waals surface area contributed by atoms with Gasteiger partial charge in [0.25, 0.3) is 0 Å². The van der Waals surface area contributed by atoms with Crippen molar-refractivity contribution < 1.29 is 14.3 Å². The molecule has 0 bridgehead atoms. The lowest BCUT2D eigenvalue weighted by Crippen LogP contribution is -2.69. The second-order valence-electron chi connectivity index (χ2n) is 10.1. The summed E-state index contributed by atoms with van der Waals surface area (Å²) in [6.07, 6.45) is 5.71. The summed E-state index contributed by atoms with van der Waals surface area (Å²) >= 11 is 0. The van der Waals surface area contributed by atoms with Crippen molar-refractivity contribution in [3.05, 3.63) is 35.9 Å². The van der Waals surface area contributed by atoms with Gasteiger partial charge in [0.1, 0.15) is 0 Å². The van der Waals surface area contributed by atoms with Gasteiger partial charge in [0.05, 0.1) is 25.4 Å². The summed E-state index contributed by atoms with van der Waals surface area (Å²) in [4.78, 5) is 6.52. The molecule has 2 aliphatic rings. The zero-order chi connectivity index (χ0) is 21.2. The molecule has 0 aliphatic carbocycles. The largest absolute Gasteiger partial charge is 0.349 e. The first kappa shape index (κ1) is 22.7. The van der Waals surface area contributed by atoms with E-state index in [0.717, 1.165) is 51.7 Å². The van der Waals surface area contributed by atoms with Crippen molar-refractivity contribution in [1.82, 2.24) is 5.06 Å². The molecule has 0 atom stereocenters. The summed E-state index contributed by atoms with van der Waals surface area (Å²) in [5.41, 5.74) is 1.19. The third-order valence-electron chi connectivity index (χ3n) is 7.27. The Balaban J connectivity index is 1.75. The first-order valence-corrected chi connectivity index (χ1v) is 11.5. The Labute approximate surface area is 177 Å². The number of nitrogens with zero attached hydrogens (tertiary/aromatic N) is 1. The predicted molar refractivity (Wildman–Crippen MR) is 118 cm³/mol. The van der Waals surface area contributed by atoms with Crippen molar-refractivity contribution in [2.45, 2.75) is 96.9 Å². The van der Waals surface area contributed by atoms with Crippen molar-refractivity contribution in [2.24, 2.45) is 5.41 Å². The average molecular weight is 404 g/mol. The zero-order valence-corrected chi connectivity index (χ0v) is 19.4. The van der Waals surface area contributed by atoms with Gasteiger partial charge in [-0.3, -0.25) is 4.84 Å². The summed E-state index contributed by atoms with van der Waals surface area (Å²) in [7, 11) is 0. The molecule has 0 unspecified atom stereocenters. The quantitative estimate of drug-likeness (QED) is 0.580. The Morgan fingerprint density at radius 3 is 2.07 bits per heavy atom. The summed E-state index contributed by atoms with van der Waals surface area (Å²) in [5, 5.41) is 2.30. The molecule has 0 N–H and O–H groups in total. The summed E-state index contributed by atoms with van der Waals surface area (Å²) in [6.45, 7) is 15.8. The van der Waals surface area contributed by atoms with Gasteiger partial charge in [0.2, 0.25) is 0 Å². The lowest BCUT2D eigenvalue weighted by atomic mass is 9.72. The van der Waals surface area contributed by atoms with Gasteiger partial charge in [0, 0.05) is 23.8 Å². The van der Waals surface area contributed by atoms with Crippen molar-refractivity contribution in [3.63, 3.8) is 0 Å². The minimum absolute atomic E-state index is 0.0849. The highest BCUT2D eigenvalue weighted by atomic mass is 16.7. The monoisotopic (exact) mass is 403 g/mol. The maximum atomic E-state index is 6.53. The lowest BCUT2D eigenvalue weighted by molar-refractivity contribution is -0.386. The van der Waals surface area contributed by atoms with E-state index in [0.29, 0.717) is 6.61 Å². The molecule has 0 radical (unpaired) electrons. The molecule has 3 rings (SSSR count). The van der Waals surface area contributed by atoms with E-state index in [1.807, 2.05) is 0 Å². The van der Waals surface area contributed by atoms with Gasteiger partial charge in [-0.05, 0) is 45.1 Å². The lowest BCUT2D eigenvalue weighted by Gasteiger charge is -2.61. The van der Waals surface area contributed by atoms with E-state index in [1.54, 1.807) is 0 Å². The van der Waals surface area contributed by atoms with Crippen LogP contribution in [0.5, 0.6) is 0 Å². The van der Waals surface area contributed by atoms with Crippen LogP contribution in [-0.2, 0) is 20.7 Å². The Kier molecular flexibility index (Phi) is 6.79. The van der Waals surface area contributed by atoms with Crippen LogP contribution in [0.25, 0.3) is 0 Å². The van der Waals surface area contributed by atoms with Crippen molar-refractivity contribution in [2.75, 3.05) is 19.8 Å². The second kappa shape index (κ2) is 8.66. The maximum absolute atomic E-state index is 6.53. The van der Waals surface area contributed by atoms with Gasteiger partial charge in [-0.15, -0.1) is 0 Å². The molecule has 164 valence electrons. The van der Waals surface area contributed by atoms with E-state index in [2.05, 4.69) is 76.9 Å². The average Bonchev–Trinajstić information content (AvgIpc) is 2.72. The van der Waals surface area contributed by atoms with Gasteiger partial charge in [-0.1, -0.05) is 58.0 Å². The molecule has 1 aromatic carbocycles. The molecule has 1 aromatic rings. The van der Waals surface area contributed by atoms with Gasteiger partial charge in [-0.2, -0.15) is 5.06 Å². The summed E-state index contributed by atoms with van der Waals surface area (Å²) in [5.74, 6) is -0.497. The Bertz CT molecular complexity index is 645. The van der Waals surface area contributed by atoms with Gasteiger partial charge in [-0.25, -0.2) is 0 Å². The molecule has 2 aliphatic heterocycles. The second-order valence-corrected chi connectivity index (χ2v) is 10.1. The molecule has 2 saturated heterocycles. The van der Waals surface area contributed by atoms with Crippen molar-refractivity contribution in [3.8, 4) is 0 Å². The first-order chi connectivity index (χ1) is 13.7. The predicted octanol–water partition coefficient (Wildman–Crippen LogP) is 5.75. The fraction of sp³-hybridized carbons (Fsp3) is 0.760. The number of rotatable bonds is 7. The molecule has 0 amide bonds. The molecule has 2 heterocycles. The van der Waals surface area contributed by atoms with Crippen LogP contribution in [-0.4, -0.2) is 41.7 Å². The number of ether oxygens (including phenoxy) is 2. The van der Waals surface area contributed by atoms with Gasteiger partial charge < -0.3 is 9.47 Å². The molecule has 0 aromatic heterocycles. The van der Waals surface area contributed by atoms with Gasteiger partial charge in [0.15, 0.2) is 5.79 Å². The Hall–Kier alpha value is -0.940. The van der Waals surface area contributed by atoms with E-state index < -0.39 is 5.79 Å². The smallest absolute Gasteiger partial charge is 0.172 e. The third-order valence-corrected chi connectivity index (χ3v) is 7.27. The van der Waals surface area contributed by atoms with E-state index in [1.165, 1.54) is 5.56 Å². The molecule has 4 heteroatoms. The van der Waals surface area contributed by atoms with Crippen LogP contribution in [0.2, 0.25) is 0 Å². The molecule has 2 fully saturated rings. The van der Waals surface area contributed by atoms with E-state index in [4.69, 9.17) is 14.3 Å². The normalized spacial score (nSPS) is 31.8. The number of benzene rings is 1. The molecule has 1 spiro atoms. The van der Waals surface area contributed by atoms with Crippen LogP contribution < -0.4 is 0 Å². The van der Waals surface area contributed by atoms with Crippen LogP contribution in [0.15, 0.2) is 30.3 Å². The molecular formula is C25H41NO3. The van der Waals surface area contributed by atoms with Crippen LogP contribution in [0.1, 0.15) is 79.2 Å². The number of piperidine rings is 1. The SMILES string of the molecule is CCC1(C)COC2(CC(C)(C)N(OCCc3ccccc3)C(CC)(CC)C2)OC1. The van der Waals surface area contributed by atoms with Crippen LogP contribution in [0, 0.1) is 5.41 Å². The Morgan fingerprint density at radius 1 is 0.897 bits per heavy atom. The number of hydrogen-bond donors (Lipinski definition) is 0. The van der Waals surface area contributed by atoms with Gasteiger partial charge >= 0.3 is 0 Å². The minimum Gasteiger partial charge on any atom is -0.349 e. The Morgan fingerprint density at radius 2 is 1.52 bits per heavy atom. The minimum atomic E-state index is -0.497. The van der Waals surface area contributed by atoms with E-state index in [9.17, 15) is 0 Å². The van der Waals surface area contributed by atoms with Crippen LogP contribution in [0.3, 0.4) is 0 Å². The van der Waals surface area contributed by atoms with E-state index in [-0.39, 0.29) is 16.5 Å². The third kappa shape index (κ3) is 4.71. The number of hydroxylamine groups is 2. The van der Waals surface area contributed by atoms with E-state index >= 15 is 0 Å². The fourth-order valence-corrected chi connectivity index (χ4v) is 5.11.